The number of ether oxygens (including phenoxy) is 2. The van der Waals surface area contributed by atoms with Crippen LogP contribution in [0.5, 0.6) is 11.5 Å². The first-order valence-corrected chi connectivity index (χ1v) is 7.19. The van der Waals surface area contributed by atoms with Crippen molar-refractivity contribution in [1.29, 1.82) is 5.26 Å². The zero-order valence-electron chi connectivity index (χ0n) is 13.7. The molecule has 0 saturated heterocycles. The van der Waals surface area contributed by atoms with Crippen molar-refractivity contribution in [2.75, 3.05) is 19.5 Å². The maximum Gasteiger partial charge on any atom is 0.333 e. The highest BCUT2D eigenvalue weighted by atomic mass is 16.5. The summed E-state index contributed by atoms with van der Waals surface area (Å²) in [6.07, 6.45) is 0. The molecule has 24 heavy (non-hydrogen) atoms. The van der Waals surface area contributed by atoms with E-state index in [1.54, 1.807) is 49.4 Å². The van der Waals surface area contributed by atoms with Crippen LogP contribution in [0.4, 0.5) is 5.69 Å². The van der Waals surface area contributed by atoms with Gasteiger partial charge in [-0.05, 0) is 49.4 Å². The van der Waals surface area contributed by atoms with Crippen molar-refractivity contribution in [1.82, 2.24) is 0 Å². The minimum Gasteiger partial charge on any atom is -0.497 e. The molecule has 2 aromatic carbocycles. The number of anilines is 1. The molecule has 0 saturated carbocycles. The normalized spacial score (nSPS) is 12.6. The van der Waals surface area contributed by atoms with Gasteiger partial charge in [0.05, 0.1) is 25.9 Å². The zero-order chi connectivity index (χ0) is 17.7. The summed E-state index contributed by atoms with van der Waals surface area (Å²) in [4.78, 5) is 12.0. The van der Waals surface area contributed by atoms with Crippen LogP contribution in [-0.2, 0) is 10.3 Å². The number of benzene rings is 2. The smallest absolute Gasteiger partial charge is 0.333 e. The molecule has 1 atom stereocenters. The summed E-state index contributed by atoms with van der Waals surface area (Å²) in [6, 6.07) is 13.6. The largest absolute Gasteiger partial charge is 0.497 e. The number of carbonyl (C=O) groups is 1. The number of methoxy groups -OCH3 is 2. The molecular weight excluding hydrogens is 308 g/mol. The van der Waals surface area contributed by atoms with Crippen molar-refractivity contribution >= 4 is 11.7 Å². The molecule has 0 aliphatic rings. The van der Waals surface area contributed by atoms with Crippen LogP contribution in [0.15, 0.2) is 42.5 Å². The minimum absolute atomic E-state index is 0.432. The van der Waals surface area contributed by atoms with E-state index in [-0.39, 0.29) is 0 Å². The van der Waals surface area contributed by atoms with E-state index in [0.717, 1.165) is 0 Å². The van der Waals surface area contributed by atoms with Crippen LogP contribution in [0.3, 0.4) is 0 Å². The highest BCUT2D eigenvalue weighted by Crippen LogP contribution is 2.36. The van der Waals surface area contributed by atoms with Gasteiger partial charge in [0.2, 0.25) is 0 Å². The number of carboxylic acids is 1. The van der Waals surface area contributed by atoms with Gasteiger partial charge in [0, 0.05) is 11.3 Å². The third-order valence-electron chi connectivity index (χ3n) is 3.78. The van der Waals surface area contributed by atoms with Gasteiger partial charge < -0.3 is 19.9 Å². The summed E-state index contributed by atoms with van der Waals surface area (Å²) in [6.45, 7) is 1.55. The number of hydrogen-bond donors (Lipinski definition) is 2. The number of nitrogens with one attached hydrogen (secondary N) is 1. The van der Waals surface area contributed by atoms with Crippen LogP contribution < -0.4 is 14.8 Å². The lowest BCUT2D eigenvalue weighted by Gasteiger charge is -2.29. The molecule has 0 amide bonds. The van der Waals surface area contributed by atoms with E-state index in [1.165, 1.54) is 14.2 Å². The first kappa shape index (κ1) is 17.2. The second-order valence-corrected chi connectivity index (χ2v) is 5.31. The van der Waals surface area contributed by atoms with E-state index >= 15 is 0 Å². The molecule has 0 aliphatic carbocycles. The Labute approximate surface area is 140 Å². The van der Waals surface area contributed by atoms with E-state index in [4.69, 9.17) is 14.7 Å². The van der Waals surface area contributed by atoms with Crippen LogP contribution in [0.2, 0.25) is 0 Å². The fraction of sp³-hybridized carbons (Fsp3) is 0.222. The van der Waals surface area contributed by atoms with Crippen LogP contribution >= 0.6 is 0 Å². The molecule has 124 valence electrons. The summed E-state index contributed by atoms with van der Waals surface area (Å²) in [5.74, 6) is -0.111. The molecule has 6 heteroatoms. The molecular formula is C18H18N2O4. The maximum absolute atomic E-state index is 12.0. The van der Waals surface area contributed by atoms with E-state index in [9.17, 15) is 9.90 Å². The van der Waals surface area contributed by atoms with Gasteiger partial charge in [-0.15, -0.1) is 0 Å². The second kappa shape index (κ2) is 6.92. The standard InChI is InChI=1S/C18H18N2O4/c1-18(17(21)22,20-13-6-4-12(11-19)5-7-13)15-10-14(23-2)8-9-16(15)24-3/h4-10,20H,1-3H3,(H,21,22). The topological polar surface area (TPSA) is 91.6 Å². The van der Waals surface area contributed by atoms with Gasteiger partial charge in [0.15, 0.2) is 5.54 Å². The first-order chi connectivity index (χ1) is 11.4. The average molecular weight is 326 g/mol. The van der Waals surface area contributed by atoms with E-state index in [1.807, 2.05) is 6.07 Å². The van der Waals surface area contributed by atoms with Crippen molar-refractivity contribution in [2.45, 2.75) is 12.5 Å². The lowest BCUT2D eigenvalue weighted by molar-refractivity contribution is -0.142. The van der Waals surface area contributed by atoms with Gasteiger partial charge in [-0.3, -0.25) is 0 Å². The van der Waals surface area contributed by atoms with Crippen molar-refractivity contribution in [3.63, 3.8) is 0 Å². The van der Waals surface area contributed by atoms with Gasteiger partial charge in [-0.25, -0.2) is 4.79 Å². The lowest BCUT2D eigenvalue weighted by Crippen LogP contribution is -2.40. The van der Waals surface area contributed by atoms with Crippen molar-refractivity contribution < 1.29 is 19.4 Å². The SMILES string of the molecule is COc1ccc(OC)c(C(C)(Nc2ccc(C#N)cc2)C(=O)O)c1. The number of nitrogens with zero attached hydrogens (tertiary/aromatic N) is 1. The molecule has 2 N–H and O–H groups in total. The summed E-state index contributed by atoms with van der Waals surface area (Å²) >= 11 is 0. The Balaban J connectivity index is 2.50. The Morgan fingerprint density at radius 3 is 2.33 bits per heavy atom. The molecule has 1 unspecified atom stereocenters. The third-order valence-corrected chi connectivity index (χ3v) is 3.78. The summed E-state index contributed by atoms with van der Waals surface area (Å²) in [7, 11) is 2.99. The van der Waals surface area contributed by atoms with Crippen LogP contribution in [0.1, 0.15) is 18.1 Å². The molecule has 0 heterocycles. The van der Waals surface area contributed by atoms with E-state index in [2.05, 4.69) is 5.32 Å². The maximum atomic E-state index is 12.0. The average Bonchev–Trinajstić information content (AvgIpc) is 2.61. The predicted molar refractivity (Wildman–Crippen MR) is 89.3 cm³/mol. The van der Waals surface area contributed by atoms with Gasteiger partial charge in [0.25, 0.3) is 0 Å². The molecule has 0 aliphatic heterocycles. The molecule has 6 nitrogen and oxygen atoms in total. The van der Waals surface area contributed by atoms with Crippen LogP contribution in [0, 0.1) is 11.3 Å². The highest BCUT2D eigenvalue weighted by Gasteiger charge is 2.38. The Morgan fingerprint density at radius 2 is 1.83 bits per heavy atom. The number of aliphatic carboxylic acids is 1. The fourth-order valence-corrected chi connectivity index (χ4v) is 2.36. The monoisotopic (exact) mass is 326 g/mol. The minimum atomic E-state index is -1.45. The van der Waals surface area contributed by atoms with E-state index in [0.29, 0.717) is 28.3 Å². The molecule has 0 aromatic heterocycles. The van der Waals surface area contributed by atoms with Gasteiger partial charge in [-0.2, -0.15) is 5.26 Å². The van der Waals surface area contributed by atoms with Gasteiger partial charge >= 0.3 is 5.97 Å². The third kappa shape index (κ3) is 3.25. The molecule has 0 bridgehead atoms. The summed E-state index contributed by atoms with van der Waals surface area (Å²) in [5, 5.41) is 21.7. The highest BCUT2D eigenvalue weighted by molar-refractivity contribution is 5.85. The Bertz CT molecular complexity index is 781. The van der Waals surface area contributed by atoms with Crippen LogP contribution in [0.25, 0.3) is 0 Å². The van der Waals surface area contributed by atoms with E-state index < -0.39 is 11.5 Å². The molecule has 2 rings (SSSR count). The fourth-order valence-electron chi connectivity index (χ4n) is 2.36. The van der Waals surface area contributed by atoms with Crippen molar-refractivity contribution in [3.8, 4) is 17.6 Å². The Morgan fingerprint density at radius 1 is 1.17 bits per heavy atom. The molecule has 0 fully saturated rings. The number of nitriles is 1. The summed E-state index contributed by atoms with van der Waals surface area (Å²) in [5.41, 5.74) is 0.0511. The molecule has 0 spiro atoms. The first-order valence-electron chi connectivity index (χ1n) is 7.19. The quantitative estimate of drug-likeness (QED) is 0.848. The van der Waals surface area contributed by atoms with Crippen molar-refractivity contribution in [3.05, 3.63) is 53.6 Å². The number of carboxylic acid groups (broad SMARTS) is 1. The molecule has 0 radical (unpaired) electrons. The molecule has 2 aromatic rings. The summed E-state index contributed by atoms with van der Waals surface area (Å²) < 4.78 is 10.5. The zero-order valence-corrected chi connectivity index (χ0v) is 13.7. The Hall–Kier alpha value is -3.20. The number of hydrogen-bond acceptors (Lipinski definition) is 5. The van der Waals surface area contributed by atoms with Crippen molar-refractivity contribution in [2.24, 2.45) is 0 Å². The Kier molecular flexibility index (Phi) is 4.95. The lowest BCUT2D eigenvalue weighted by atomic mass is 9.90. The van der Waals surface area contributed by atoms with Gasteiger partial charge in [0.1, 0.15) is 11.5 Å². The van der Waals surface area contributed by atoms with Gasteiger partial charge in [-0.1, -0.05) is 0 Å². The van der Waals surface area contributed by atoms with Crippen LogP contribution in [-0.4, -0.2) is 25.3 Å². The predicted octanol–water partition coefficient (Wildman–Crippen LogP) is 2.99. The number of rotatable bonds is 6. The second-order valence-electron chi connectivity index (χ2n) is 5.31.